The zero-order valence-electron chi connectivity index (χ0n) is 106. The standard InChI is InChI=1S/3C29H33O16P/c3*1-11-38-9-20-27(42-11)23(30)24(31)29(43-20)44-25-14-7-17-16(40-10-41-17)6-13(14)21(22-15(25)8-39-28(22)32)12-4-18(36-2)26(19(5-12)37-3)45-46(33,34)35/h3*4-7,11,15,20-25,27,29-31H,8-10H2,1-3H3,(H2,33,34,35)/t3*11-,15+,20-,21-,22+,23-,24-,25-,27-,29+/m111/s1/i2D3,3D3,8D2,9D2,10D2,21D;2D3,3D3,9D2,10D2,21D;2D3,3D3,8D2,9D2,10D2. The van der Waals surface area contributed by atoms with Crippen molar-refractivity contribution in [3.05, 3.63) is 123 Å². The molecule has 15 aliphatic rings. The van der Waals surface area contributed by atoms with Gasteiger partial charge in [-0.2, -0.15) is 0 Å². The van der Waals surface area contributed by atoms with Gasteiger partial charge in [0.15, 0.2) is 107 Å². The summed E-state index contributed by atoms with van der Waals surface area (Å²) in [6.45, 7) is -18.9. The van der Waals surface area contributed by atoms with E-state index in [0.29, 0.717) is 12.1 Å². The molecule has 0 saturated carbocycles. The van der Waals surface area contributed by atoms with Gasteiger partial charge in [0.05, 0.1) is 156 Å². The van der Waals surface area contributed by atoms with Crippen LogP contribution < -0.4 is 70.4 Å². The smallest absolute Gasteiger partial charge is 0.493 e. The Labute approximate surface area is 833 Å². The lowest BCUT2D eigenvalue weighted by Crippen LogP contribution is -2.63. The molecule has 6 aromatic carbocycles. The second kappa shape index (κ2) is 38.4. The van der Waals surface area contributed by atoms with Crippen LogP contribution in [-0.4, -0.2) is 291 Å². The van der Waals surface area contributed by atoms with E-state index in [1.54, 1.807) is 0 Å². The molecule has 0 aromatic heterocycles. The van der Waals surface area contributed by atoms with Gasteiger partial charge < -0.3 is 172 Å². The number of hydrogen-bond donors (Lipinski definition) is 12. The van der Waals surface area contributed by atoms with Gasteiger partial charge in [0.1, 0.15) is 81.5 Å². The highest BCUT2D eigenvalue weighted by atomic mass is 31.2. The summed E-state index contributed by atoms with van der Waals surface area (Å²) >= 11 is 0. The molecule has 12 heterocycles. The number of ether oxygens (including phenoxy) is 27. The fraction of sp³-hybridized carbons (Fsp3) is 0.552. The predicted molar refractivity (Wildman–Crippen MR) is 448 cm³/mol. The fourth-order valence-electron chi connectivity index (χ4n) is 18.4. The van der Waals surface area contributed by atoms with Crippen LogP contribution >= 0.6 is 23.5 Å². The van der Waals surface area contributed by atoms with E-state index in [-0.39, 0.29) is 62.1 Å². The van der Waals surface area contributed by atoms with Gasteiger partial charge in [-0.05, 0) is 144 Å². The number of fused-ring (bicyclic) bond motifs is 12. The van der Waals surface area contributed by atoms with E-state index in [9.17, 15) is 90.8 Å². The number of cyclic esters (lactones) is 3. The van der Waals surface area contributed by atoms with E-state index in [2.05, 4.69) is 13.6 Å². The topological polar surface area (TPSA) is 622 Å². The maximum Gasteiger partial charge on any atom is 0.525 e. The first kappa shape index (κ1) is 62.7. The van der Waals surface area contributed by atoms with Gasteiger partial charge >= 0.3 is 41.4 Å². The number of phosphoric ester groups is 3. The maximum atomic E-state index is 14.0. The van der Waals surface area contributed by atoms with Crippen LogP contribution in [-0.2, 0) is 99.1 Å². The van der Waals surface area contributed by atoms with Crippen molar-refractivity contribution in [2.75, 3.05) is 102 Å². The number of carbonyl (C=O) groups excluding carboxylic acids is 3. The second-order valence-electron chi connectivity index (χ2n) is 32.2. The van der Waals surface area contributed by atoms with Crippen LogP contribution in [0.4, 0.5) is 0 Å². The van der Waals surface area contributed by atoms with Gasteiger partial charge in [0.2, 0.25) is 37.5 Å². The molecular weight excluding hydrogens is 1910 g/mol. The first-order valence-electron chi connectivity index (χ1n) is 58.6. The SMILES string of the molecule is [2H]C([2H])([2H])Oc1cc([C@@H]2c3cc4c(cc3[C@@H](O[C@@H]3O[C@H]5[C@@H](O[C@H](C)OC5([2H])[2H])[C@H](O)[C@H]3O)[C@@H]3[C@@H]2C(=O)OC3([2H])[2H])OC([2H])([2H])O4)cc(OC([2H])([2H])[2H])c1OP(=O)(O)O.[2H]C([2H])([2H])Oc1cc([C@]2([2H])c3cc4c(cc3[C@@H](O[C@@H]3O[C@H]5[C@@H](O[C@H](C)OC5([2H])[2H])[C@H](O)[C@H]3O)[C@@H]3[C@@H]2C(=O)OC3([2H])[2H])OC([2H])([2H])O4)cc(OC([2H])([2H])[2H])c1OP(=O)(O)O.[2H]C([2H])([2H])Oc1cc([C@]2([2H])c3cc4c(cc3[C@@H](O[C@@H]3O[C@H]5[C@@H](O[C@H](C)OC5([2H])[2H])[C@H](O)[C@H]3O)[C@H]3COC(=O)[C@@H]32)OC([2H])([2H])O4)cc(OC([2H])([2H])[2H])c1OP(=O)(O)O. The Balaban J connectivity index is 0.000000159. The van der Waals surface area contributed by atoms with Gasteiger partial charge in [-0.1, -0.05) is 0 Å². The highest BCUT2D eigenvalue weighted by molar-refractivity contribution is 7.47. The lowest BCUT2D eigenvalue weighted by atomic mass is 9.66. The summed E-state index contributed by atoms with van der Waals surface area (Å²) in [4.78, 5) is 99.6. The fourth-order valence-corrected chi connectivity index (χ4v) is 19.6. The highest BCUT2D eigenvalue weighted by Crippen LogP contribution is 2.64. The number of aliphatic hydroxyl groups excluding tert-OH is 6. The van der Waals surface area contributed by atoms with Crippen molar-refractivity contribution in [3.8, 4) is 86.2 Å². The Morgan fingerprint density at radius 2 is 0.623 bits per heavy atom. The van der Waals surface area contributed by atoms with Crippen molar-refractivity contribution >= 4 is 41.4 Å². The van der Waals surface area contributed by atoms with Crippen LogP contribution in [0.3, 0.4) is 0 Å². The molecule has 12 N–H and O–H groups in total. The van der Waals surface area contributed by atoms with Crippen LogP contribution in [0.1, 0.15) is 156 Å². The molecule has 48 nitrogen and oxygen atoms in total. The van der Waals surface area contributed by atoms with Crippen LogP contribution in [0.15, 0.2) is 72.8 Å². The first-order valence-corrected chi connectivity index (χ1v) is 45.2. The third kappa shape index (κ3) is 18.3. The molecule has 0 bridgehead atoms. The Kier molecular flexibility index (Phi) is 17.4. The average molecular weight is 2040 g/mol. The molecule has 750 valence electrons. The molecule has 0 radical (unpaired) electrons. The second-order valence-corrected chi connectivity index (χ2v) is 35.7. The van der Waals surface area contributed by atoms with E-state index < -0.39 is 400 Å². The number of benzene rings is 6. The Hall–Kier alpha value is -9.54. The number of aliphatic hydroxyl groups is 6. The zero-order valence-corrected chi connectivity index (χ0v) is 72.4. The van der Waals surface area contributed by atoms with Gasteiger partial charge in [0, 0.05) is 38.2 Å². The van der Waals surface area contributed by atoms with Crippen LogP contribution in [0.2, 0.25) is 0 Å². The van der Waals surface area contributed by atoms with Crippen molar-refractivity contribution in [3.63, 3.8) is 0 Å². The number of methoxy groups -OCH3 is 6. The van der Waals surface area contributed by atoms with E-state index in [1.165, 1.54) is 20.8 Å². The molecule has 0 unspecified atom stereocenters. The molecule has 9 fully saturated rings. The van der Waals surface area contributed by atoms with Crippen molar-refractivity contribution in [1.29, 1.82) is 0 Å². The van der Waals surface area contributed by atoms with E-state index in [4.69, 9.17) is 175 Å². The number of hydrogen-bond acceptors (Lipinski definition) is 42. The van der Waals surface area contributed by atoms with Gasteiger partial charge in [-0.15, -0.1) is 0 Å². The highest BCUT2D eigenvalue weighted by Gasteiger charge is 2.62. The quantitative estimate of drug-likeness (QED) is 0.0279. The van der Waals surface area contributed by atoms with Crippen molar-refractivity contribution in [2.24, 2.45) is 35.5 Å². The summed E-state index contributed by atoms with van der Waals surface area (Å²) < 4.78 is 488. The maximum absolute atomic E-state index is 14.0. The molecule has 21 rings (SSSR count). The summed E-state index contributed by atoms with van der Waals surface area (Å²) in [5, 5.41) is 66.9. The Morgan fingerprint density at radius 1 is 0.341 bits per heavy atom. The van der Waals surface area contributed by atoms with Crippen molar-refractivity contribution in [2.45, 2.75) is 168 Å². The Morgan fingerprint density at radius 3 is 0.957 bits per heavy atom. The van der Waals surface area contributed by atoms with Crippen LogP contribution in [0.5, 0.6) is 86.2 Å². The van der Waals surface area contributed by atoms with Crippen LogP contribution in [0.25, 0.3) is 0 Å². The molecule has 12 aliphatic heterocycles. The molecule has 9 saturated heterocycles. The molecular formula is C87H99O48P3. The lowest BCUT2D eigenvalue weighted by Gasteiger charge is -2.47. The minimum atomic E-state index is -5.68. The summed E-state index contributed by atoms with van der Waals surface area (Å²) in [6.07, 6.45) is -36.1. The van der Waals surface area contributed by atoms with E-state index in [1.807, 2.05) is 0 Å². The van der Waals surface area contributed by atoms with E-state index >= 15 is 0 Å². The molecule has 6 aromatic rings. The summed E-state index contributed by atoms with van der Waals surface area (Å²) in [5.41, 5.74) is -3.08. The van der Waals surface area contributed by atoms with Crippen molar-refractivity contribution < 1.29 is 279 Å². The minimum Gasteiger partial charge on any atom is -0.493 e. The molecule has 0 spiro atoms. The van der Waals surface area contributed by atoms with Crippen LogP contribution in [0, 0.1) is 35.5 Å². The normalized spacial score (nSPS) is 43.0. The zero-order chi connectivity index (χ0) is 129. The van der Waals surface area contributed by atoms with Crippen molar-refractivity contribution in [1.82, 2.24) is 0 Å². The molecule has 51 heteroatoms. The lowest BCUT2D eigenvalue weighted by molar-refractivity contribution is -0.364. The number of phosphoric acid groups is 3. The summed E-state index contributed by atoms with van der Waals surface area (Å²) in [5.74, 6) is -34.0. The first-order chi connectivity index (χ1) is 79.3. The summed E-state index contributed by atoms with van der Waals surface area (Å²) in [7, 11) is -37.5. The average Bonchev–Trinajstić information content (AvgIpc) is 1.53. The van der Waals surface area contributed by atoms with Gasteiger partial charge in [0.25, 0.3) is 0 Å². The largest absolute Gasteiger partial charge is 0.525 e. The number of carbonyl (C=O) groups is 3. The minimum absolute atomic E-state index is 0.114. The number of rotatable bonds is 21. The number of esters is 3. The van der Waals surface area contributed by atoms with Gasteiger partial charge in [-0.3, -0.25) is 43.7 Å². The molecule has 3 aliphatic carbocycles. The molecule has 0 amide bonds. The Bertz CT molecular complexity index is 7340. The molecule has 138 heavy (non-hydrogen) atoms. The third-order valence-electron chi connectivity index (χ3n) is 24.0. The summed E-state index contributed by atoms with van der Waals surface area (Å²) in [6, 6.07) is 10.8. The van der Waals surface area contributed by atoms with Gasteiger partial charge in [-0.25, -0.2) is 13.7 Å². The predicted octanol–water partition coefficient (Wildman–Crippen LogP) is 3.31. The molecule has 30 atom stereocenters. The monoisotopic (exact) mass is 2040 g/mol. The van der Waals surface area contributed by atoms with E-state index in [0.717, 1.165) is 60.7 Å². The third-order valence-corrected chi connectivity index (χ3v) is 25.3.